The Hall–Kier alpha value is -2.82. The predicted molar refractivity (Wildman–Crippen MR) is 104 cm³/mol. The molecule has 0 unspecified atom stereocenters. The summed E-state index contributed by atoms with van der Waals surface area (Å²) in [7, 11) is 0. The molecule has 3 rings (SSSR count). The zero-order valence-electron chi connectivity index (χ0n) is 16.8. The molecule has 2 aromatic rings. The summed E-state index contributed by atoms with van der Waals surface area (Å²) < 4.78 is 0. The maximum absolute atomic E-state index is 13.4. The first-order valence-electron chi connectivity index (χ1n) is 9.20. The molecule has 27 heavy (non-hydrogen) atoms. The molecule has 2 amide bonds. The zero-order valence-corrected chi connectivity index (χ0v) is 16.8. The normalized spacial score (nSPS) is 13.4. The van der Waals surface area contributed by atoms with Crippen molar-refractivity contribution in [3.8, 4) is 5.75 Å². The zero-order chi connectivity index (χ0) is 19.9. The third-order valence-corrected chi connectivity index (χ3v) is 4.55. The Morgan fingerprint density at radius 1 is 1.11 bits per heavy atom. The van der Waals surface area contributed by atoms with E-state index in [0.717, 1.165) is 21.9 Å². The number of carbonyl (C=O) groups is 2. The largest absolute Gasteiger partial charge is 0.355 e. The molecule has 0 N–H and O–H groups in total. The number of benzene rings is 2. The van der Waals surface area contributed by atoms with Gasteiger partial charge in [0.05, 0.1) is 11.1 Å². The molecule has 5 heteroatoms. The molecule has 0 spiro atoms. The summed E-state index contributed by atoms with van der Waals surface area (Å²) in [4.78, 5) is 32.4. The van der Waals surface area contributed by atoms with Gasteiger partial charge in [0.25, 0.3) is 5.91 Å². The van der Waals surface area contributed by atoms with E-state index in [9.17, 15) is 9.59 Å². The van der Waals surface area contributed by atoms with Gasteiger partial charge in [-0.25, -0.2) is 5.01 Å². The van der Waals surface area contributed by atoms with Gasteiger partial charge in [0, 0.05) is 11.1 Å². The van der Waals surface area contributed by atoms with Crippen LogP contribution < -0.4 is 4.84 Å². The minimum Gasteiger partial charge on any atom is -0.355 e. The first-order chi connectivity index (χ1) is 12.6. The van der Waals surface area contributed by atoms with E-state index >= 15 is 0 Å². The van der Waals surface area contributed by atoms with Crippen molar-refractivity contribution in [2.24, 2.45) is 0 Å². The molecule has 1 heterocycles. The van der Waals surface area contributed by atoms with Crippen LogP contribution in [0.25, 0.3) is 0 Å². The fourth-order valence-corrected chi connectivity index (χ4v) is 3.47. The summed E-state index contributed by atoms with van der Waals surface area (Å²) in [6.07, 6.45) is 0.686. The van der Waals surface area contributed by atoms with Crippen LogP contribution in [0.4, 0.5) is 0 Å². The summed E-state index contributed by atoms with van der Waals surface area (Å²) in [5.74, 6) is 0.00974. The molecule has 0 saturated heterocycles. The lowest BCUT2D eigenvalue weighted by Crippen LogP contribution is -2.60. The van der Waals surface area contributed by atoms with Gasteiger partial charge in [-0.05, 0) is 65.3 Å². The van der Waals surface area contributed by atoms with E-state index in [1.54, 1.807) is 12.1 Å². The number of nitrogens with zero attached hydrogens (tertiary/aromatic N) is 2. The van der Waals surface area contributed by atoms with Crippen molar-refractivity contribution < 1.29 is 14.4 Å². The molecular formula is C22H26N2O3. The lowest BCUT2D eigenvalue weighted by Gasteiger charge is -2.43. The molecule has 1 aliphatic rings. The number of hydrazine groups is 1. The van der Waals surface area contributed by atoms with Crippen molar-refractivity contribution >= 4 is 11.8 Å². The monoisotopic (exact) mass is 366 g/mol. The molecular weight excluding hydrogens is 340 g/mol. The molecule has 0 fully saturated rings. The molecule has 0 aromatic heterocycles. The lowest BCUT2D eigenvalue weighted by molar-refractivity contribution is -0.187. The number of aryl methyl sites for hydroxylation is 2. The molecule has 2 bridgehead atoms. The maximum atomic E-state index is 13.4. The predicted octanol–water partition coefficient (Wildman–Crippen LogP) is 4.47. The second kappa shape index (κ2) is 6.72. The highest BCUT2D eigenvalue weighted by molar-refractivity contribution is 6.01. The maximum Gasteiger partial charge on any atom is 0.309 e. The average Bonchev–Trinajstić information content (AvgIpc) is 2.57. The van der Waals surface area contributed by atoms with E-state index in [4.69, 9.17) is 4.84 Å². The molecule has 0 radical (unpaired) electrons. The van der Waals surface area contributed by atoms with Gasteiger partial charge >= 0.3 is 5.91 Å². The van der Waals surface area contributed by atoms with Gasteiger partial charge in [0.1, 0.15) is 0 Å². The van der Waals surface area contributed by atoms with Gasteiger partial charge < -0.3 is 4.84 Å². The van der Waals surface area contributed by atoms with Crippen LogP contribution in [0.5, 0.6) is 5.75 Å². The Kier molecular flexibility index (Phi) is 4.72. The minimum absolute atomic E-state index is 0.272. The first kappa shape index (κ1) is 19.0. The molecule has 0 aliphatic carbocycles. The fourth-order valence-electron chi connectivity index (χ4n) is 3.47. The summed E-state index contributed by atoms with van der Waals surface area (Å²) in [6.45, 7) is 11.5. The molecule has 0 saturated carbocycles. The van der Waals surface area contributed by atoms with Gasteiger partial charge in [0.2, 0.25) is 0 Å². The Morgan fingerprint density at radius 2 is 1.74 bits per heavy atom. The van der Waals surface area contributed by atoms with Gasteiger partial charge in [-0.2, -0.15) is 0 Å². The topological polar surface area (TPSA) is 49.9 Å². The highest BCUT2D eigenvalue weighted by atomic mass is 16.7. The smallest absolute Gasteiger partial charge is 0.309 e. The van der Waals surface area contributed by atoms with Crippen molar-refractivity contribution in [2.45, 2.75) is 53.5 Å². The van der Waals surface area contributed by atoms with E-state index in [0.29, 0.717) is 23.3 Å². The Balaban J connectivity index is 2.06. The number of amides is 2. The summed E-state index contributed by atoms with van der Waals surface area (Å²) in [6, 6.07) is 11.1. The van der Waals surface area contributed by atoms with Crippen LogP contribution in [0.1, 0.15) is 65.1 Å². The number of hydrogen-bond acceptors (Lipinski definition) is 3. The third-order valence-electron chi connectivity index (χ3n) is 4.55. The van der Waals surface area contributed by atoms with Gasteiger partial charge in [0.15, 0.2) is 5.75 Å². The Bertz CT molecular complexity index is 892. The molecule has 0 atom stereocenters. The Morgan fingerprint density at radius 3 is 2.30 bits per heavy atom. The second-order valence-corrected chi connectivity index (χ2v) is 7.97. The van der Waals surface area contributed by atoms with Crippen LogP contribution in [-0.4, -0.2) is 27.5 Å². The van der Waals surface area contributed by atoms with E-state index in [2.05, 4.69) is 0 Å². The minimum atomic E-state index is -0.659. The number of rotatable bonds is 3. The van der Waals surface area contributed by atoms with Crippen LogP contribution in [-0.2, 0) is 6.42 Å². The Labute approximate surface area is 160 Å². The third kappa shape index (κ3) is 3.42. The summed E-state index contributed by atoms with van der Waals surface area (Å²) in [5.41, 5.74) is 3.31. The SMILES string of the molecule is CCc1c2cccc1C(=O)N(N(C(=O)c1cc(C)cc(C)c1)C(C)(C)C)O2. The number of fused-ring (bicyclic) bond motifs is 2. The van der Waals surface area contributed by atoms with Crippen molar-refractivity contribution in [1.82, 2.24) is 10.2 Å². The van der Waals surface area contributed by atoms with Crippen LogP contribution >= 0.6 is 0 Å². The molecule has 142 valence electrons. The molecule has 5 nitrogen and oxygen atoms in total. The van der Waals surface area contributed by atoms with Gasteiger partial charge in [-0.15, -0.1) is 0 Å². The van der Waals surface area contributed by atoms with Crippen LogP contribution in [0.2, 0.25) is 0 Å². The van der Waals surface area contributed by atoms with Crippen LogP contribution in [0, 0.1) is 13.8 Å². The quantitative estimate of drug-likeness (QED) is 0.805. The number of carbonyl (C=O) groups excluding carboxylic acids is 2. The molecule has 1 aliphatic heterocycles. The van der Waals surface area contributed by atoms with Crippen molar-refractivity contribution in [3.63, 3.8) is 0 Å². The average molecular weight is 366 g/mol. The van der Waals surface area contributed by atoms with Gasteiger partial charge in [-0.1, -0.05) is 35.4 Å². The van der Waals surface area contributed by atoms with Crippen LogP contribution in [0.3, 0.4) is 0 Å². The van der Waals surface area contributed by atoms with E-state index in [1.807, 2.05) is 65.8 Å². The van der Waals surface area contributed by atoms with Crippen molar-refractivity contribution in [2.75, 3.05) is 0 Å². The van der Waals surface area contributed by atoms with E-state index < -0.39 is 5.54 Å². The van der Waals surface area contributed by atoms with E-state index in [-0.39, 0.29) is 11.8 Å². The van der Waals surface area contributed by atoms with Crippen molar-refractivity contribution in [1.29, 1.82) is 0 Å². The van der Waals surface area contributed by atoms with Gasteiger partial charge in [-0.3, -0.25) is 9.59 Å². The van der Waals surface area contributed by atoms with Crippen molar-refractivity contribution in [3.05, 3.63) is 64.2 Å². The summed E-state index contributed by atoms with van der Waals surface area (Å²) in [5, 5.41) is 2.52. The standard InChI is InChI=1S/C22H26N2O3/c1-7-17-18-9-8-10-19(17)27-24(21(18)26)23(22(4,5)6)20(25)16-12-14(2)11-15(3)13-16/h8-13H,7H2,1-6H3. The second-order valence-electron chi connectivity index (χ2n) is 7.97. The summed E-state index contributed by atoms with van der Waals surface area (Å²) >= 11 is 0. The van der Waals surface area contributed by atoms with Crippen LogP contribution in [0.15, 0.2) is 36.4 Å². The highest BCUT2D eigenvalue weighted by Crippen LogP contribution is 2.33. The molecule has 2 aromatic carbocycles. The number of hydrogen-bond donors (Lipinski definition) is 0. The van der Waals surface area contributed by atoms with E-state index in [1.165, 1.54) is 5.01 Å². The lowest BCUT2D eigenvalue weighted by atomic mass is 10.0. The fraction of sp³-hybridized carbons (Fsp3) is 0.364. The number of hydroxylamine groups is 1. The highest BCUT2D eigenvalue weighted by Gasteiger charge is 2.41. The first-order valence-corrected chi connectivity index (χ1v) is 9.20.